The summed E-state index contributed by atoms with van der Waals surface area (Å²) >= 11 is 0. The molecule has 8 heteroatoms. The van der Waals surface area contributed by atoms with Crippen molar-refractivity contribution in [2.45, 2.75) is 13.3 Å². The Morgan fingerprint density at radius 1 is 1.20 bits per heavy atom. The molecule has 0 amide bonds. The number of aliphatic hydroxyl groups is 1. The van der Waals surface area contributed by atoms with Crippen LogP contribution in [0.5, 0.6) is 0 Å². The van der Waals surface area contributed by atoms with E-state index in [2.05, 4.69) is 25.4 Å². The number of Topliss-reactive ketones (excluding diaryl/α,β-unsaturated/α-hetero) is 1. The van der Waals surface area contributed by atoms with Crippen LogP contribution in [-0.2, 0) is 6.42 Å². The Kier molecular flexibility index (Phi) is 4.51. The number of H-pyrrole nitrogens is 2. The van der Waals surface area contributed by atoms with Gasteiger partial charge >= 0.3 is 0 Å². The van der Waals surface area contributed by atoms with Crippen molar-refractivity contribution in [2.75, 3.05) is 0 Å². The third kappa shape index (κ3) is 3.86. The molecule has 0 radical (unpaired) electrons. The number of hydrogen-bond acceptors (Lipinski definition) is 6. The van der Waals surface area contributed by atoms with Gasteiger partial charge in [0.1, 0.15) is 12.0 Å². The third-order valence-corrected chi connectivity index (χ3v) is 3.55. The number of aromatic amines is 2. The molecule has 126 valence electrons. The van der Waals surface area contributed by atoms with Crippen LogP contribution in [0.15, 0.2) is 42.7 Å². The number of nitrogens with zero attached hydrogens (tertiary/aromatic N) is 3. The normalized spacial score (nSPS) is 11.5. The van der Waals surface area contributed by atoms with Gasteiger partial charge in [-0.25, -0.2) is 4.98 Å². The standard InChI is InChI=1S/C17H15N5O3/c1-10(23)12-4-2-11(3-5-12)6-13-7-14(21-20-13)15(24)8-16(25)17-18-9-19-22-17/h2-5,7-9,25H,6H2,1H3,(H,20,21)(H,18,19,22). The Morgan fingerprint density at radius 2 is 1.96 bits per heavy atom. The molecule has 0 unspecified atom stereocenters. The molecular formula is C17H15N5O3. The van der Waals surface area contributed by atoms with E-state index in [0.717, 1.165) is 11.6 Å². The van der Waals surface area contributed by atoms with E-state index >= 15 is 0 Å². The molecule has 1 aromatic carbocycles. The molecule has 0 saturated heterocycles. The highest BCUT2D eigenvalue weighted by molar-refractivity contribution is 6.06. The maximum absolute atomic E-state index is 12.1. The largest absolute Gasteiger partial charge is 0.504 e. The van der Waals surface area contributed by atoms with Crippen LogP contribution in [0.3, 0.4) is 0 Å². The summed E-state index contributed by atoms with van der Waals surface area (Å²) < 4.78 is 0. The summed E-state index contributed by atoms with van der Waals surface area (Å²) in [5.74, 6) is -0.717. The van der Waals surface area contributed by atoms with E-state index in [0.29, 0.717) is 17.7 Å². The zero-order valence-corrected chi connectivity index (χ0v) is 13.4. The SMILES string of the molecule is CC(=O)c1ccc(Cc2cc(C(=O)C=C(O)c3nc[nH]n3)[nH]n2)cc1. The Labute approximate surface area is 142 Å². The van der Waals surface area contributed by atoms with E-state index in [1.807, 2.05) is 12.1 Å². The maximum Gasteiger partial charge on any atom is 0.215 e. The first-order chi connectivity index (χ1) is 12.0. The van der Waals surface area contributed by atoms with E-state index < -0.39 is 5.78 Å². The molecule has 3 N–H and O–H groups in total. The Balaban J connectivity index is 1.70. The lowest BCUT2D eigenvalue weighted by molar-refractivity contribution is 0.101. The van der Waals surface area contributed by atoms with Gasteiger partial charge in [-0.2, -0.15) is 10.2 Å². The molecule has 2 heterocycles. The van der Waals surface area contributed by atoms with E-state index in [1.54, 1.807) is 18.2 Å². The number of benzene rings is 1. The summed E-state index contributed by atoms with van der Waals surface area (Å²) in [7, 11) is 0. The highest BCUT2D eigenvalue weighted by Gasteiger charge is 2.12. The first-order valence-corrected chi connectivity index (χ1v) is 7.48. The summed E-state index contributed by atoms with van der Waals surface area (Å²) in [5.41, 5.74) is 2.53. The lowest BCUT2D eigenvalue weighted by Crippen LogP contribution is -1.98. The fourth-order valence-electron chi connectivity index (χ4n) is 2.25. The fraction of sp³-hybridized carbons (Fsp3) is 0.118. The number of aromatic nitrogens is 5. The molecular weight excluding hydrogens is 322 g/mol. The Bertz CT molecular complexity index is 924. The van der Waals surface area contributed by atoms with Gasteiger partial charge in [0.05, 0.1) is 5.69 Å². The lowest BCUT2D eigenvalue weighted by atomic mass is 10.1. The second kappa shape index (κ2) is 6.91. The van der Waals surface area contributed by atoms with E-state index in [9.17, 15) is 14.7 Å². The van der Waals surface area contributed by atoms with Gasteiger partial charge in [0.15, 0.2) is 11.5 Å². The van der Waals surface area contributed by atoms with Gasteiger partial charge in [0, 0.05) is 18.1 Å². The predicted molar refractivity (Wildman–Crippen MR) is 89.2 cm³/mol. The molecule has 3 aromatic rings. The van der Waals surface area contributed by atoms with Gasteiger partial charge < -0.3 is 5.11 Å². The van der Waals surface area contributed by atoms with Gasteiger partial charge in [-0.15, -0.1) is 0 Å². The summed E-state index contributed by atoms with van der Waals surface area (Å²) in [6, 6.07) is 8.83. The highest BCUT2D eigenvalue weighted by Crippen LogP contribution is 2.12. The number of ketones is 2. The van der Waals surface area contributed by atoms with Gasteiger partial charge in [-0.1, -0.05) is 24.3 Å². The van der Waals surface area contributed by atoms with Crippen LogP contribution in [0.2, 0.25) is 0 Å². The van der Waals surface area contributed by atoms with Crippen molar-refractivity contribution in [3.05, 3.63) is 71.1 Å². The molecule has 0 saturated carbocycles. The number of nitrogens with one attached hydrogen (secondary N) is 2. The van der Waals surface area contributed by atoms with Crippen molar-refractivity contribution < 1.29 is 14.7 Å². The molecule has 0 bridgehead atoms. The molecule has 2 aromatic heterocycles. The molecule has 0 aliphatic carbocycles. The van der Waals surface area contributed by atoms with Crippen LogP contribution in [0.4, 0.5) is 0 Å². The molecule has 25 heavy (non-hydrogen) atoms. The van der Waals surface area contributed by atoms with Crippen molar-refractivity contribution in [1.82, 2.24) is 25.4 Å². The Hall–Kier alpha value is -3.55. The quantitative estimate of drug-likeness (QED) is 0.359. The van der Waals surface area contributed by atoms with Crippen molar-refractivity contribution in [3.8, 4) is 0 Å². The first kappa shape index (κ1) is 16.3. The van der Waals surface area contributed by atoms with Crippen LogP contribution < -0.4 is 0 Å². The topological polar surface area (TPSA) is 125 Å². The van der Waals surface area contributed by atoms with Crippen LogP contribution in [0.1, 0.15) is 44.9 Å². The summed E-state index contributed by atoms with van der Waals surface area (Å²) in [6.07, 6.45) is 2.84. The zero-order chi connectivity index (χ0) is 17.8. The highest BCUT2D eigenvalue weighted by atomic mass is 16.3. The van der Waals surface area contributed by atoms with Gasteiger partial charge in [0.25, 0.3) is 0 Å². The second-order valence-electron chi connectivity index (χ2n) is 5.42. The molecule has 8 nitrogen and oxygen atoms in total. The average molecular weight is 337 g/mol. The number of rotatable bonds is 6. The minimum Gasteiger partial charge on any atom is -0.504 e. The minimum atomic E-state index is -0.437. The molecule has 0 aliphatic heterocycles. The monoisotopic (exact) mass is 337 g/mol. The van der Waals surface area contributed by atoms with E-state index in [-0.39, 0.29) is 23.1 Å². The molecule has 3 rings (SSSR count). The van der Waals surface area contributed by atoms with E-state index in [4.69, 9.17) is 0 Å². The summed E-state index contributed by atoms with van der Waals surface area (Å²) in [5, 5.41) is 22.7. The lowest BCUT2D eigenvalue weighted by Gasteiger charge is -1.99. The van der Waals surface area contributed by atoms with Crippen molar-refractivity contribution in [3.63, 3.8) is 0 Å². The third-order valence-electron chi connectivity index (χ3n) is 3.55. The van der Waals surface area contributed by atoms with Gasteiger partial charge in [0.2, 0.25) is 11.6 Å². The van der Waals surface area contributed by atoms with Crippen LogP contribution in [-0.4, -0.2) is 42.1 Å². The average Bonchev–Trinajstić information content (AvgIpc) is 3.27. The van der Waals surface area contributed by atoms with Crippen LogP contribution in [0.25, 0.3) is 5.76 Å². The maximum atomic E-state index is 12.1. The van der Waals surface area contributed by atoms with Crippen molar-refractivity contribution in [1.29, 1.82) is 0 Å². The minimum absolute atomic E-state index is 0.0113. The number of aliphatic hydroxyl groups excluding tert-OH is 1. The summed E-state index contributed by atoms with van der Waals surface area (Å²) in [4.78, 5) is 27.2. The number of carbonyl (C=O) groups excluding carboxylic acids is 2. The zero-order valence-electron chi connectivity index (χ0n) is 13.4. The number of carbonyl (C=O) groups is 2. The smallest absolute Gasteiger partial charge is 0.215 e. The van der Waals surface area contributed by atoms with Crippen LogP contribution >= 0.6 is 0 Å². The van der Waals surface area contributed by atoms with Crippen LogP contribution in [0, 0.1) is 0 Å². The second-order valence-corrected chi connectivity index (χ2v) is 5.42. The summed E-state index contributed by atoms with van der Waals surface area (Å²) in [6.45, 7) is 1.52. The van der Waals surface area contributed by atoms with Gasteiger partial charge in [-0.3, -0.25) is 19.8 Å². The van der Waals surface area contributed by atoms with Crippen molar-refractivity contribution >= 4 is 17.3 Å². The molecule has 0 fully saturated rings. The molecule has 0 atom stereocenters. The van der Waals surface area contributed by atoms with Gasteiger partial charge in [-0.05, 0) is 18.6 Å². The Morgan fingerprint density at radius 3 is 2.60 bits per heavy atom. The fourth-order valence-corrected chi connectivity index (χ4v) is 2.25. The predicted octanol–water partition coefficient (Wildman–Crippen LogP) is 2.10. The molecule has 0 spiro atoms. The van der Waals surface area contributed by atoms with Crippen molar-refractivity contribution in [2.24, 2.45) is 0 Å². The number of allylic oxidation sites excluding steroid dienone is 1. The van der Waals surface area contributed by atoms with E-state index in [1.165, 1.54) is 13.3 Å². The molecule has 0 aliphatic rings. The first-order valence-electron chi connectivity index (χ1n) is 7.48. The number of hydrogen-bond donors (Lipinski definition) is 3.